The first-order valence-electron chi connectivity index (χ1n) is 45.7. The van der Waals surface area contributed by atoms with Crippen molar-refractivity contribution in [2.75, 3.05) is 208 Å². The number of rotatable bonds is 24. The van der Waals surface area contributed by atoms with Gasteiger partial charge in [-0.25, -0.2) is 19.7 Å². The minimum atomic E-state index is -0.260. The molecule has 6 saturated heterocycles. The van der Waals surface area contributed by atoms with Gasteiger partial charge in [-0.2, -0.15) is 29.9 Å². The number of likely N-dealkylation sites (tertiary alicyclic amines) is 3. The van der Waals surface area contributed by atoms with Crippen molar-refractivity contribution in [3.05, 3.63) is 233 Å². The highest BCUT2D eigenvalue weighted by molar-refractivity contribution is 5.97. The SMILES string of the molecule is [C-]#[N+]CC1CN(c2nc(OC[C@@H]3CCCN3CC(=O)N(C)C)nc3c2CCN(c2cccc4ccccc24)C3)CCN1C(=O)C=C.[C-]#[N+]CC1CN(c2nc(OC[C@H]3CCN(C)C3)nc3c2CCN(c2cccc4ccccc24)C3)CCN1C(=O)C=C.[C-]#[N+]C[C@H]1CN(c2nc(OC[C@@H]3CCCN3CC)nc3c2CCN(c2cccc4ccccc24)C3)CCN1C(=O)C=C. The molecule has 0 spiro atoms. The van der Waals surface area contributed by atoms with E-state index in [1.807, 2.05) is 0 Å². The molecule has 29 heteroatoms. The van der Waals surface area contributed by atoms with Gasteiger partial charge in [0.15, 0.2) is 0 Å². The Morgan fingerprint density at radius 1 is 0.419 bits per heavy atom. The van der Waals surface area contributed by atoms with E-state index in [-0.39, 0.29) is 67.4 Å². The van der Waals surface area contributed by atoms with E-state index < -0.39 is 0 Å². The second-order valence-electron chi connectivity index (χ2n) is 35.1. The van der Waals surface area contributed by atoms with Crippen LogP contribution in [0.4, 0.5) is 34.5 Å². The number of ether oxygens (including phenoxy) is 3. The molecule has 0 bridgehead atoms. The number of carbonyl (C=O) groups is 4. The summed E-state index contributed by atoms with van der Waals surface area (Å²) in [4.78, 5) is 119. The van der Waals surface area contributed by atoms with Crippen LogP contribution in [0.5, 0.6) is 18.0 Å². The minimum Gasteiger partial charge on any atom is -0.463 e. The molecular weight excluding hydrogens is 1620 g/mol. The standard InChI is InChI=1S/C35H42N8O3.C33H39N7O2.C32H37N7O2/c1-5-32(44)43-19-18-42(21-27(43)20-36-2)34-29-15-17-41(31-14-8-11-25-10-6-7-13-28(25)31)22-30(29)37-35(38-34)46-24-26-12-9-16-40(26)23-33(45)39(3)4;1-4-31(41)40-19-18-39(21-26(40)20-34-3)32-28-15-17-38(30-14-8-11-24-10-6-7-13-27(24)30)22-29(28)35-33(36-32)42-23-25-12-9-16-37(25)5-2;1-4-30(40)39-17-16-38(20-25(39)18-33-2)31-27-13-15-37(29-11-7-9-24-8-5-6-10-26(24)29)21-28(27)34-32(35-31)41-22-23-12-14-36(3)19-23/h5-8,10-11,13-14,26-27H,1,9,12,15-24H2,3-4H3;4,6-8,10-11,13-14,25-26H,1,5,9,12,15-23H2,2H3;4-11,23,25H,1,12-22H2,3H3/t26-,27?;25-,26-;23-,25?/m000/s1. The lowest BCUT2D eigenvalue weighted by molar-refractivity contribution is -0.130. The Bertz CT molecular complexity index is 5720. The molecule has 18 rings (SSSR count). The second-order valence-corrected chi connectivity index (χ2v) is 35.1. The molecule has 670 valence electrons. The van der Waals surface area contributed by atoms with E-state index >= 15 is 0 Å². The molecule has 4 amide bonds. The number of aromatic nitrogens is 6. The predicted octanol–water partition coefficient (Wildman–Crippen LogP) is 11.1. The molecule has 9 aliphatic rings. The molecule has 2 unspecified atom stereocenters. The zero-order valence-electron chi connectivity index (χ0n) is 74.9. The zero-order chi connectivity index (χ0) is 89.6. The molecule has 0 aliphatic carbocycles. The summed E-state index contributed by atoms with van der Waals surface area (Å²) in [5.41, 5.74) is 9.85. The number of hydrogen-bond donors (Lipinski definition) is 0. The zero-order valence-corrected chi connectivity index (χ0v) is 74.9. The van der Waals surface area contributed by atoms with Crippen molar-refractivity contribution >= 4 is 90.5 Å². The first kappa shape index (κ1) is 89.4. The lowest BCUT2D eigenvalue weighted by Gasteiger charge is -2.41. The Kier molecular flexibility index (Phi) is 28.7. The van der Waals surface area contributed by atoms with E-state index in [2.05, 4.69) is 220 Å². The molecule has 6 fully saturated rings. The van der Waals surface area contributed by atoms with Gasteiger partial charge in [0.2, 0.25) is 43.3 Å². The maximum Gasteiger partial charge on any atom is 0.318 e. The molecular formula is C100H118N22O7. The fraction of sp³-hybridized carbons (Fsp3) is 0.450. The largest absolute Gasteiger partial charge is 0.463 e. The number of hydrogen-bond acceptors (Lipinski definition) is 22. The first-order valence-corrected chi connectivity index (χ1v) is 45.7. The molecule has 6 atom stereocenters. The highest BCUT2D eigenvalue weighted by Crippen LogP contribution is 2.41. The topological polar surface area (TPSA) is 229 Å². The van der Waals surface area contributed by atoms with Crippen molar-refractivity contribution in [1.29, 1.82) is 0 Å². The maximum atomic E-state index is 12.6. The summed E-state index contributed by atoms with van der Waals surface area (Å²) >= 11 is 0. The lowest BCUT2D eigenvalue weighted by atomic mass is 10.0. The molecule has 0 saturated carbocycles. The van der Waals surface area contributed by atoms with E-state index in [4.69, 9.17) is 63.8 Å². The van der Waals surface area contributed by atoms with E-state index in [0.29, 0.717) is 135 Å². The maximum absolute atomic E-state index is 12.6. The Morgan fingerprint density at radius 3 is 1.12 bits per heavy atom. The van der Waals surface area contributed by atoms with Crippen LogP contribution in [0, 0.1) is 25.6 Å². The van der Waals surface area contributed by atoms with Crippen molar-refractivity contribution in [2.24, 2.45) is 5.92 Å². The predicted molar refractivity (Wildman–Crippen MR) is 506 cm³/mol. The summed E-state index contributed by atoms with van der Waals surface area (Å²) in [7, 11) is 5.71. The molecule has 3 aromatic heterocycles. The van der Waals surface area contributed by atoms with Gasteiger partial charge in [0.1, 0.15) is 48.8 Å². The number of piperazine rings is 3. The van der Waals surface area contributed by atoms with Crippen molar-refractivity contribution in [1.82, 2.24) is 64.2 Å². The van der Waals surface area contributed by atoms with Crippen LogP contribution in [-0.2, 0) is 58.1 Å². The van der Waals surface area contributed by atoms with Crippen LogP contribution in [0.2, 0.25) is 0 Å². The first-order chi connectivity index (χ1) is 63.0. The van der Waals surface area contributed by atoms with Gasteiger partial charge in [0.25, 0.3) is 0 Å². The lowest BCUT2D eigenvalue weighted by Crippen LogP contribution is -2.56. The molecule has 6 aromatic carbocycles. The van der Waals surface area contributed by atoms with Crippen LogP contribution in [0.3, 0.4) is 0 Å². The molecule has 29 nitrogen and oxygen atoms in total. The van der Waals surface area contributed by atoms with Crippen LogP contribution in [0.1, 0.15) is 72.8 Å². The van der Waals surface area contributed by atoms with Crippen molar-refractivity contribution in [3.8, 4) is 18.0 Å². The van der Waals surface area contributed by atoms with Gasteiger partial charge in [0.05, 0.1) is 49.9 Å². The van der Waals surface area contributed by atoms with Crippen molar-refractivity contribution in [3.63, 3.8) is 0 Å². The summed E-state index contributed by atoms with van der Waals surface area (Å²) in [5, 5.41) is 7.33. The van der Waals surface area contributed by atoms with Crippen LogP contribution in [0.25, 0.3) is 46.9 Å². The average molecular weight is 1740 g/mol. The number of likely N-dealkylation sites (N-methyl/N-ethyl adjacent to an activating group) is 2. The normalized spacial score (nSPS) is 20.6. The number of carbonyl (C=O) groups excluding carboxylic acids is 4. The molecule has 12 heterocycles. The highest BCUT2D eigenvalue weighted by atomic mass is 16.5. The quantitative estimate of drug-likeness (QED) is 0.0404. The number of benzene rings is 6. The molecule has 129 heavy (non-hydrogen) atoms. The Balaban J connectivity index is 0.000000142. The fourth-order valence-corrected chi connectivity index (χ4v) is 20.2. The van der Waals surface area contributed by atoms with Crippen molar-refractivity contribution in [2.45, 2.75) is 108 Å². The third-order valence-electron chi connectivity index (χ3n) is 27.0. The Hall–Kier alpha value is -13.0. The highest BCUT2D eigenvalue weighted by Gasteiger charge is 2.41. The van der Waals surface area contributed by atoms with Crippen molar-refractivity contribution < 1.29 is 33.4 Å². The minimum absolute atomic E-state index is 0.0794. The van der Waals surface area contributed by atoms with Crippen LogP contribution in [-0.4, -0.2) is 296 Å². The monoisotopic (exact) mass is 1740 g/mol. The smallest absolute Gasteiger partial charge is 0.318 e. The van der Waals surface area contributed by atoms with Gasteiger partial charge in [-0.05, 0) is 137 Å². The van der Waals surface area contributed by atoms with Crippen LogP contribution in [0.15, 0.2) is 165 Å². The summed E-state index contributed by atoms with van der Waals surface area (Å²) in [5.74, 6) is 2.73. The van der Waals surface area contributed by atoms with Gasteiger partial charge >= 0.3 is 18.0 Å². The van der Waals surface area contributed by atoms with E-state index in [0.717, 1.165) is 149 Å². The summed E-state index contributed by atoms with van der Waals surface area (Å²) in [6, 6.07) is 45.7. The van der Waals surface area contributed by atoms with Gasteiger partial charge in [-0.3, -0.25) is 29.0 Å². The molecule has 9 aliphatic heterocycles. The van der Waals surface area contributed by atoms with Crippen LogP contribution < -0.4 is 43.6 Å². The van der Waals surface area contributed by atoms with Gasteiger partial charge < -0.3 is 82.6 Å². The number of fused-ring (bicyclic) bond motifs is 6. The van der Waals surface area contributed by atoms with Gasteiger partial charge in [0, 0.05) is 167 Å². The Labute approximate surface area is 757 Å². The summed E-state index contributed by atoms with van der Waals surface area (Å²) in [6.45, 7) is 52.9. The number of anilines is 6. The third kappa shape index (κ3) is 20.3. The summed E-state index contributed by atoms with van der Waals surface area (Å²) < 4.78 is 19.0. The van der Waals surface area contributed by atoms with Crippen LogP contribution >= 0.6 is 0 Å². The average Bonchev–Trinajstić information content (AvgIpc) is 1.42. The van der Waals surface area contributed by atoms with Gasteiger partial charge in [-0.15, -0.1) is 0 Å². The van der Waals surface area contributed by atoms with Gasteiger partial charge in [-0.1, -0.05) is 136 Å². The van der Waals surface area contributed by atoms with E-state index in [1.165, 1.54) is 74.0 Å². The molecule has 9 aromatic rings. The van der Waals surface area contributed by atoms with E-state index in [9.17, 15) is 19.2 Å². The number of amides is 4. The summed E-state index contributed by atoms with van der Waals surface area (Å²) in [6.07, 6.45) is 11.8. The Morgan fingerprint density at radius 2 is 0.775 bits per heavy atom. The molecule has 0 radical (unpaired) electrons. The third-order valence-corrected chi connectivity index (χ3v) is 27.0. The fourth-order valence-electron chi connectivity index (χ4n) is 20.2. The van der Waals surface area contributed by atoms with E-state index in [1.54, 1.807) is 33.7 Å². The second kappa shape index (κ2) is 41.4. The molecule has 0 N–H and O–H groups in total. The number of nitrogens with zero attached hydrogens (tertiary/aromatic N) is 22.